The summed E-state index contributed by atoms with van der Waals surface area (Å²) < 4.78 is 3.14. The first-order chi connectivity index (χ1) is 13.6. The second-order valence-electron chi connectivity index (χ2n) is 5.97. The molecular formula is C19H17N7O2. The van der Waals surface area contributed by atoms with E-state index in [1.807, 2.05) is 6.92 Å². The normalized spacial score (nSPS) is 10.8. The van der Waals surface area contributed by atoms with E-state index in [1.165, 1.54) is 4.52 Å². The van der Waals surface area contributed by atoms with Crippen molar-refractivity contribution in [1.82, 2.24) is 24.4 Å². The van der Waals surface area contributed by atoms with Gasteiger partial charge in [-0.15, -0.1) is 0 Å². The molecule has 0 bridgehead atoms. The lowest BCUT2D eigenvalue weighted by atomic mass is 10.2. The van der Waals surface area contributed by atoms with Crippen molar-refractivity contribution in [2.75, 3.05) is 10.6 Å². The molecule has 9 heteroatoms. The molecule has 0 atom stereocenters. The first-order valence-electron chi connectivity index (χ1n) is 8.69. The number of carbonyl (C=O) groups excluding carboxylic acids is 2. The summed E-state index contributed by atoms with van der Waals surface area (Å²) in [6, 6.07) is 11.9. The highest BCUT2D eigenvalue weighted by Crippen LogP contribution is 2.17. The Kier molecular flexibility index (Phi) is 4.55. The van der Waals surface area contributed by atoms with Gasteiger partial charge in [0.1, 0.15) is 5.69 Å². The van der Waals surface area contributed by atoms with Gasteiger partial charge in [-0.05, 0) is 37.3 Å². The molecule has 4 aromatic rings. The van der Waals surface area contributed by atoms with Crippen LogP contribution in [0.25, 0.3) is 5.65 Å². The summed E-state index contributed by atoms with van der Waals surface area (Å²) in [6.45, 7) is 2.51. The lowest BCUT2D eigenvalue weighted by molar-refractivity contribution is 0.101. The molecule has 3 heterocycles. The summed E-state index contributed by atoms with van der Waals surface area (Å²) in [6.07, 6.45) is 4.93. The van der Waals surface area contributed by atoms with Gasteiger partial charge in [-0.1, -0.05) is 6.07 Å². The zero-order valence-electron chi connectivity index (χ0n) is 15.0. The number of amides is 2. The van der Waals surface area contributed by atoms with Gasteiger partial charge in [0.25, 0.3) is 11.8 Å². The van der Waals surface area contributed by atoms with Gasteiger partial charge in [-0.2, -0.15) is 10.2 Å². The molecule has 0 spiro atoms. The van der Waals surface area contributed by atoms with Crippen molar-refractivity contribution in [3.8, 4) is 0 Å². The third kappa shape index (κ3) is 3.45. The summed E-state index contributed by atoms with van der Waals surface area (Å²) in [4.78, 5) is 29.0. The molecule has 0 aliphatic rings. The Morgan fingerprint density at radius 3 is 2.54 bits per heavy atom. The van der Waals surface area contributed by atoms with Gasteiger partial charge in [0.15, 0.2) is 11.3 Å². The average Bonchev–Trinajstić information content (AvgIpc) is 3.35. The maximum Gasteiger partial charge on any atom is 0.276 e. The van der Waals surface area contributed by atoms with Crippen molar-refractivity contribution in [2.45, 2.75) is 13.5 Å². The van der Waals surface area contributed by atoms with Crippen LogP contribution in [0.4, 0.5) is 11.4 Å². The smallest absolute Gasteiger partial charge is 0.276 e. The number of benzene rings is 1. The van der Waals surface area contributed by atoms with Crippen LogP contribution < -0.4 is 10.6 Å². The SMILES string of the molecule is CCn1nccc1C(=O)Nc1cccc(NC(=O)c2cc3ncccn3n2)c1. The second-order valence-corrected chi connectivity index (χ2v) is 5.97. The van der Waals surface area contributed by atoms with E-state index in [4.69, 9.17) is 0 Å². The number of aromatic nitrogens is 5. The molecule has 0 unspecified atom stereocenters. The monoisotopic (exact) mass is 375 g/mol. The van der Waals surface area contributed by atoms with E-state index in [-0.39, 0.29) is 17.5 Å². The largest absolute Gasteiger partial charge is 0.321 e. The van der Waals surface area contributed by atoms with E-state index in [9.17, 15) is 9.59 Å². The molecule has 1 aromatic carbocycles. The Morgan fingerprint density at radius 2 is 1.79 bits per heavy atom. The van der Waals surface area contributed by atoms with Gasteiger partial charge in [0, 0.05) is 42.6 Å². The van der Waals surface area contributed by atoms with Crippen LogP contribution >= 0.6 is 0 Å². The third-order valence-electron chi connectivity index (χ3n) is 4.10. The lowest BCUT2D eigenvalue weighted by Crippen LogP contribution is -2.17. The minimum Gasteiger partial charge on any atom is -0.321 e. The van der Waals surface area contributed by atoms with E-state index in [0.717, 1.165) is 0 Å². The Morgan fingerprint density at radius 1 is 1.00 bits per heavy atom. The average molecular weight is 375 g/mol. The van der Waals surface area contributed by atoms with Crippen LogP contribution in [-0.2, 0) is 6.54 Å². The second kappa shape index (κ2) is 7.31. The van der Waals surface area contributed by atoms with Gasteiger partial charge in [-0.3, -0.25) is 14.3 Å². The number of nitrogens with one attached hydrogen (secondary N) is 2. The van der Waals surface area contributed by atoms with Crippen molar-refractivity contribution in [3.05, 3.63) is 72.4 Å². The Bertz CT molecular complexity index is 1130. The number of nitrogens with zero attached hydrogens (tertiary/aromatic N) is 5. The van der Waals surface area contributed by atoms with Crippen LogP contribution in [0.2, 0.25) is 0 Å². The first kappa shape index (κ1) is 17.4. The molecule has 4 rings (SSSR count). The molecule has 0 radical (unpaired) electrons. The number of carbonyl (C=O) groups is 2. The summed E-state index contributed by atoms with van der Waals surface area (Å²) in [5, 5.41) is 13.9. The Labute approximate surface area is 160 Å². The molecule has 0 saturated carbocycles. The van der Waals surface area contributed by atoms with Crippen LogP contribution in [-0.4, -0.2) is 36.2 Å². The van der Waals surface area contributed by atoms with E-state index in [2.05, 4.69) is 25.8 Å². The molecule has 0 saturated heterocycles. The van der Waals surface area contributed by atoms with Gasteiger partial charge in [-0.25, -0.2) is 9.50 Å². The Hall–Kier alpha value is -4.01. The first-order valence-corrected chi connectivity index (χ1v) is 8.69. The number of aryl methyl sites for hydroxylation is 1. The minimum absolute atomic E-state index is 0.250. The van der Waals surface area contributed by atoms with Gasteiger partial charge in [0.2, 0.25) is 0 Å². The van der Waals surface area contributed by atoms with Gasteiger partial charge in [0.05, 0.1) is 0 Å². The molecular weight excluding hydrogens is 358 g/mol. The molecule has 28 heavy (non-hydrogen) atoms. The highest BCUT2D eigenvalue weighted by molar-refractivity contribution is 6.05. The van der Waals surface area contributed by atoms with E-state index < -0.39 is 0 Å². The molecule has 0 fully saturated rings. The topological polar surface area (TPSA) is 106 Å². The van der Waals surface area contributed by atoms with E-state index >= 15 is 0 Å². The maximum absolute atomic E-state index is 12.5. The molecule has 3 aromatic heterocycles. The molecule has 140 valence electrons. The van der Waals surface area contributed by atoms with Crippen LogP contribution in [0.1, 0.15) is 27.9 Å². The van der Waals surface area contributed by atoms with Crippen LogP contribution in [0.3, 0.4) is 0 Å². The van der Waals surface area contributed by atoms with Crippen LogP contribution in [0, 0.1) is 0 Å². The summed E-state index contributed by atoms with van der Waals surface area (Å²) in [7, 11) is 0. The number of hydrogen-bond donors (Lipinski definition) is 2. The quantitative estimate of drug-likeness (QED) is 0.557. The summed E-state index contributed by atoms with van der Waals surface area (Å²) >= 11 is 0. The van der Waals surface area contributed by atoms with Crippen LogP contribution in [0.15, 0.2) is 61.1 Å². The number of rotatable bonds is 5. The number of fused-ring (bicyclic) bond motifs is 1. The van der Waals surface area contributed by atoms with Crippen molar-refractivity contribution in [1.29, 1.82) is 0 Å². The molecule has 0 aliphatic carbocycles. The lowest BCUT2D eigenvalue weighted by Gasteiger charge is -2.09. The van der Waals surface area contributed by atoms with Gasteiger partial charge >= 0.3 is 0 Å². The van der Waals surface area contributed by atoms with Crippen molar-refractivity contribution in [3.63, 3.8) is 0 Å². The van der Waals surface area contributed by atoms with Gasteiger partial charge < -0.3 is 10.6 Å². The summed E-state index contributed by atoms with van der Waals surface area (Å²) in [5.74, 6) is -0.632. The molecule has 2 amide bonds. The Balaban J connectivity index is 1.49. The number of hydrogen-bond acceptors (Lipinski definition) is 5. The van der Waals surface area contributed by atoms with Crippen LogP contribution in [0.5, 0.6) is 0 Å². The minimum atomic E-state index is -0.363. The highest BCUT2D eigenvalue weighted by Gasteiger charge is 2.14. The summed E-state index contributed by atoms with van der Waals surface area (Å²) in [5.41, 5.74) is 2.40. The predicted octanol–water partition coefficient (Wildman–Crippen LogP) is 2.45. The number of anilines is 2. The molecule has 0 aliphatic heterocycles. The van der Waals surface area contributed by atoms with E-state index in [1.54, 1.807) is 65.7 Å². The van der Waals surface area contributed by atoms with Crippen molar-refractivity contribution in [2.24, 2.45) is 0 Å². The van der Waals surface area contributed by atoms with E-state index in [0.29, 0.717) is 29.3 Å². The maximum atomic E-state index is 12.5. The third-order valence-corrected chi connectivity index (χ3v) is 4.10. The zero-order chi connectivity index (χ0) is 19.5. The predicted molar refractivity (Wildman–Crippen MR) is 103 cm³/mol. The fraction of sp³-hybridized carbons (Fsp3) is 0.105. The van der Waals surface area contributed by atoms with Crippen molar-refractivity contribution >= 4 is 28.8 Å². The fourth-order valence-corrected chi connectivity index (χ4v) is 2.78. The molecule has 2 N–H and O–H groups in total. The fourth-order valence-electron chi connectivity index (χ4n) is 2.78. The highest BCUT2D eigenvalue weighted by atomic mass is 16.2. The molecule has 9 nitrogen and oxygen atoms in total. The standard InChI is InChI=1S/C19H17N7O2/c1-2-25-16(7-9-21-25)19(28)23-14-6-3-5-13(11-14)22-18(27)15-12-17-20-8-4-10-26(17)24-15/h3-12H,2H2,1H3,(H,22,27)(H,23,28). The van der Waals surface area contributed by atoms with Crippen molar-refractivity contribution < 1.29 is 9.59 Å². The zero-order valence-corrected chi connectivity index (χ0v) is 15.0.